The number of sulfonamides is 1. The molecule has 1 heterocycles. The first-order chi connectivity index (χ1) is 7.03. The number of benzene rings is 1. The minimum Gasteiger partial charge on any atom is -0.333 e. The Kier molecular flexibility index (Phi) is 2.47. The second-order valence-electron chi connectivity index (χ2n) is 3.20. The first-order valence-corrected chi connectivity index (χ1v) is 6.96. The quantitative estimate of drug-likeness (QED) is 0.754. The van der Waals surface area contributed by atoms with E-state index in [4.69, 9.17) is 0 Å². The van der Waals surface area contributed by atoms with Crippen LogP contribution in [-0.4, -0.2) is 19.8 Å². The van der Waals surface area contributed by atoms with Crippen molar-refractivity contribution in [3.63, 3.8) is 0 Å². The summed E-state index contributed by atoms with van der Waals surface area (Å²) in [4.78, 5) is 0.250. The van der Waals surface area contributed by atoms with Gasteiger partial charge in [0.05, 0.1) is 5.69 Å². The number of anilines is 1. The molecule has 0 radical (unpaired) electrons. The summed E-state index contributed by atoms with van der Waals surface area (Å²) in [5.41, 5.74) is 1.50. The number of amidine groups is 1. The summed E-state index contributed by atoms with van der Waals surface area (Å²) in [5, 5.41) is 3.37. The van der Waals surface area contributed by atoms with Crippen molar-refractivity contribution in [2.45, 2.75) is 11.8 Å². The summed E-state index contributed by atoms with van der Waals surface area (Å²) in [6.45, 7) is 1.85. The second-order valence-corrected chi connectivity index (χ2v) is 5.57. The lowest BCUT2D eigenvalue weighted by Gasteiger charge is -2.16. The van der Waals surface area contributed by atoms with E-state index in [9.17, 15) is 8.42 Å². The lowest BCUT2D eigenvalue weighted by atomic mass is 10.2. The van der Waals surface area contributed by atoms with Gasteiger partial charge in [-0.15, -0.1) is 4.40 Å². The third-order valence-corrected chi connectivity index (χ3v) is 4.07. The minimum atomic E-state index is -3.52. The molecule has 1 aliphatic rings. The molecule has 1 N–H and O–H groups in total. The highest BCUT2D eigenvalue weighted by molar-refractivity contribution is 8.14. The molecule has 1 aliphatic heterocycles. The molecule has 0 saturated heterocycles. The van der Waals surface area contributed by atoms with Gasteiger partial charge in [-0.25, -0.2) is 0 Å². The zero-order valence-electron chi connectivity index (χ0n) is 8.31. The molecular formula is C9H10N2O2S2. The number of hydrogen-bond acceptors (Lipinski definition) is 4. The lowest BCUT2D eigenvalue weighted by molar-refractivity contribution is 0.598. The van der Waals surface area contributed by atoms with Gasteiger partial charge in [0.15, 0.2) is 5.17 Å². The first-order valence-electron chi connectivity index (χ1n) is 4.29. The van der Waals surface area contributed by atoms with Crippen molar-refractivity contribution in [1.29, 1.82) is 0 Å². The maximum Gasteiger partial charge on any atom is 0.286 e. The molecule has 15 heavy (non-hydrogen) atoms. The van der Waals surface area contributed by atoms with Crippen molar-refractivity contribution in [1.82, 2.24) is 0 Å². The minimum absolute atomic E-state index is 0.250. The van der Waals surface area contributed by atoms with Crippen molar-refractivity contribution in [2.75, 3.05) is 11.6 Å². The van der Waals surface area contributed by atoms with Gasteiger partial charge in [0.25, 0.3) is 10.0 Å². The Labute approximate surface area is 92.8 Å². The Morgan fingerprint density at radius 1 is 1.40 bits per heavy atom. The predicted octanol–water partition coefficient (Wildman–Crippen LogP) is 1.83. The van der Waals surface area contributed by atoms with Crippen molar-refractivity contribution < 1.29 is 8.42 Å². The van der Waals surface area contributed by atoms with Gasteiger partial charge in [0, 0.05) is 0 Å². The van der Waals surface area contributed by atoms with Crippen LogP contribution < -0.4 is 5.32 Å². The van der Waals surface area contributed by atoms with Crippen LogP contribution in [0.4, 0.5) is 5.69 Å². The van der Waals surface area contributed by atoms with E-state index in [1.54, 1.807) is 18.4 Å². The summed E-state index contributed by atoms with van der Waals surface area (Å²) in [6, 6.07) is 5.25. The molecule has 0 saturated carbocycles. The zero-order chi connectivity index (χ0) is 11.1. The van der Waals surface area contributed by atoms with Crippen LogP contribution in [0.25, 0.3) is 0 Å². The molecule has 0 amide bonds. The van der Waals surface area contributed by atoms with E-state index in [1.165, 1.54) is 11.8 Å². The molecule has 0 aliphatic carbocycles. The van der Waals surface area contributed by atoms with Crippen LogP contribution in [0.15, 0.2) is 27.5 Å². The summed E-state index contributed by atoms with van der Waals surface area (Å²) >= 11 is 1.28. The van der Waals surface area contributed by atoms with E-state index in [2.05, 4.69) is 9.71 Å². The molecule has 6 heteroatoms. The second kappa shape index (κ2) is 3.53. The highest BCUT2D eigenvalue weighted by atomic mass is 32.2. The molecule has 0 bridgehead atoms. The number of hydrogen-bond donors (Lipinski definition) is 1. The van der Waals surface area contributed by atoms with Gasteiger partial charge in [-0.2, -0.15) is 8.42 Å². The van der Waals surface area contributed by atoms with E-state index in [-0.39, 0.29) is 4.90 Å². The highest BCUT2D eigenvalue weighted by Crippen LogP contribution is 2.29. The Morgan fingerprint density at radius 2 is 2.13 bits per heavy atom. The SMILES string of the molecule is CSC1=NS(=O)(=O)c2cc(C)ccc2N1. The molecule has 0 spiro atoms. The number of nitrogens with zero attached hydrogens (tertiary/aromatic N) is 1. The maximum absolute atomic E-state index is 11.8. The normalized spacial score (nSPS) is 17.6. The fourth-order valence-corrected chi connectivity index (χ4v) is 3.23. The third kappa shape index (κ3) is 1.87. The Balaban J connectivity index is 2.64. The Bertz CT molecular complexity index is 535. The topological polar surface area (TPSA) is 58.5 Å². The molecule has 1 aromatic rings. The average molecular weight is 242 g/mol. The van der Waals surface area contributed by atoms with Crippen LogP contribution in [-0.2, 0) is 10.0 Å². The molecular weight excluding hydrogens is 232 g/mol. The van der Waals surface area contributed by atoms with Gasteiger partial charge < -0.3 is 5.32 Å². The number of rotatable bonds is 0. The molecule has 0 atom stereocenters. The first kappa shape index (κ1) is 10.5. The van der Waals surface area contributed by atoms with E-state index in [0.29, 0.717) is 10.9 Å². The van der Waals surface area contributed by atoms with Crippen LogP contribution in [0.3, 0.4) is 0 Å². The largest absolute Gasteiger partial charge is 0.333 e. The predicted molar refractivity (Wildman–Crippen MR) is 62.9 cm³/mol. The monoisotopic (exact) mass is 242 g/mol. The standard InChI is InChI=1S/C9H10N2O2S2/c1-6-3-4-7-8(5-6)15(12,13)11-9(10-7)14-2/h3-5H,1-2H3,(H,10,11). The van der Waals surface area contributed by atoms with Gasteiger partial charge >= 0.3 is 0 Å². The van der Waals surface area contributed by atoms with Crippen LogP contribution >= 0.6 is 11.8 Å². The summed E-state index contributed by atoms with van der Waals surface area (Å²) in [7, 11) is -3.52. The van der Waals surface area contributed by atoms with E-state index < -0.39 is 10.0 Å². The molecule has 2 rings (SSSR count). The molecule has 80 valence electrons. The van der Waals surface area contributed by atoms with Crippen molar-refractivity contribution in [3.8, 4) is 0 Å². The maximum atomic E-state index is 11.8. The highest BCUT2D eigenvalue weighted by Gasteiger charge is 2.24. The summed E-state index contributed by atoms with van der Waals surface area (Å²) < 4.78 is 27.2. The fourth-order valence-electron chi connectivity index (χ4n) is 1.33. The number of nitrogens with one attached hydrogen (secondary N) is 1. The van der Waals surface area contributed by atoms with Gasteiger partial charge in [-0.1, -0.05) is 17.8 Å². The summed E-state index contributed by atoms with van der Waals surface area (Å²) in [5.74, 6) is 0. The van der Waals surface area contributed by atoms with Crippen LogP contribution in [0.2, 0.25) is 0 Å². The van der Waals surface area contributed by atoms with E-state index >= 15 is 0 Å². The molecule has 0 unspecified atom stereocenters. The zero-order valence-corrected chi connectivity index (χ0v) is 9.95. The van der Waals surface area contributed by atoms with Gasteiger partial charge in [0.1, 0.15) is 4.90 Å². The molecule has 0 fully saturated rings. The smallest absolute Gasteiger partial charge is 0.286 e. The van der Waals surface area contributed by atoms with Crippen molar-refractivity contribution >= 4 is 32.6 Å². The van der Waals surface area contributed by atoms with Crippen molar-refractivity contribution in [3.05, 3.63) is 23.8 Å². The van der Waals surface area contributed by atoms with Crippen molar-refractivity contribution in [2.24, 2.45) is 4.40 Å². The average Bonchev–Trinajstić information content (AvgIpc) is 2.18. The molecule has 0 aromatic heterocycles. The molecule has 1 aromatic carbocycles. The number of aryl methyl sites for hydroxylation is 1. The van der Waals surface area contributed by atoms with Gasteiger partial charge in [0.2, 0.25) is 0 Å². The van der Waals surface area contributed by atoms with E-state index in [1.807, 2.05) is 13.0 Å². The van der Waals surface area contributed by atoms with Crippen LogP contribution in [0.5, 0.6) is 0 Å². The molecule has 4 nitrogen and oxygen atoms in total. The fraction of sp³-hybridized carbons (Fsp3) is 0.222. The number of fused-ring (bicyclic) bond motifs is 1. The summed E-state index contributed by atoms with van der Waals surface area (Å²) in [6.07, 6.45) is 1.78. The third-order valence-electron chi connectivity index (χ3n) is 2.05. The van der Waals surface area contributed by atoms with Crippen LogP contribution in [0.1, 0.15) is 5.56 Å². The van der Waals surface area contributed by atoms with Gasteiger partial charge in [-0.05, 0) is 30.9 Å². The lowest BCUT2D eigenvalue weighted by Crippen LogP contribution is -2.18. The Morgan fingerprint density at radius 3 is 2.80 bits per heavy atom. The number of thioether (sulfide) groups is 1. The Hall–Kier alpha value is -1.01. The van der Waals surface area contributed by atoms with Crippen LogP contribution in [0, 0.1) is 6.92 Å². The van der Waals surface area contributed by atoms with Gasteiger partial charge in [-0.3, -0.25) is 0 Å². The van der Waals surface area contributed by atoms with E-state index in [0.717, 1.165) is 5.56 Å².